The van der Waals surface area contributed by atoms with E-state index in [0.717, 1.165) is 22.6 Å². The summed E-state index contributed by atoms with van der Waals surface area (Å²) in [7, 11) is 1.65. The Hall–Kier alpha value is -3.19. The molecule has 2 aromatic carbocycles. The lowest BCUT2D eigenvalue weighted by molar-refractivity contribution is -0.149. The number of esters is 1. The van der Waals surface area contributed by atoms with Crippen LogP contribution in [0.1, 0.15) is 48.9 Å². The van der Waals surface area contributed by atoms with Crippen LogP contribution in [0.2, 0.25) is 0 Å². The summed E-state index contributed by atoms with van der Waals surface area (Å²) in [6.45, 7) is 5.95. The maximum absolute atomic E-state index is 13.5. The third kappa shape index (κ3) is 5.30. The van der Waals surface area contributed by atoms with E-state index < -0.39 is 0 Å². The molecule has 0 N–H and O–H groups in total. The van der Waals surface area contributed by atoms with Crippen molar-refractivity contribution in [3.8, 4) is 5.75 Å². The first kappa shape index (κ1) is 24.0. The molecule has 2 aliphatic heterocycles. The minimum atomic E-state index is -0.162. The van der Waals surface area contributed by atoms with Gasteiger partial charge in [-0.15, -0.1) is 0 Å². The first-order chi connectivity index (χ1) is 16.5. The van der Waals surface area contributed by atoms with E-state index in [1.807, 2.05) is 31.2 Å². The largest absolute Gasteiger partial charge is 0.496 e. The van der Waals surface area contributed by atoms with Gasteiger partial charge in [-0.05, 0) is 57.5 Å². The van der Waals surface area contributed by atoms with E-state index >= 15 is 0 Å². The van der Waals surface area contributed by atoms with E-state index in [1.54, 1.807) is 12.1 Å². The average molecular weight is 464 g/mol. The van der Waals surface area contributed by atoms with Gasteiger partial charge >= 0.3 is 5.97 Å². The Morgan fingerprint density at radius 1 is 1.06 bits per heavy atom. The fourth-order valence-corrected chi connectivity index (χ4v) is 4.68. The number of hydrogen-bond acceptors (Lipinski definition) is 6. The molecule has 4 rings (SSSR count). The van der Waals surface area contributed by atoms with Gasteiger partial charge in [0.2, 0.25) is 0 Å². The third-order valence-corrected chi connectivity index (χ3v) is 6.61. The summed E-state index contributed by atoms with van der Waals surface area (Å²) >= 11 is 0. The van der Waals surface area contributed by atoms with Gasteiger partial charge in [0.05, 0.1) is 37.9 Å². The van der Waals surface area contributed by atoms with Crippen LogP contribution in [0.5, 0.6) is 5.75 Å². The topological polar surface area (TPSA) is 71.4 Å². The van der Waals surface area contributed by atoms with E-state index in [-0.39, 0.29) is 30.4 Å². The van der Waals surface area contributed by atoms with Gasteiger partial charge in [-0.25, -0.2) is 5.01 Å². The van der Waals surface area contributed by atoms with Crippen molar-refractivity contribution in [1.82, 2.24) is 9.91 Å². The molecule has 0 aromatic heterocycles. The summed E-state index contributed by atoms with van der Waals surface area (Å²) in [6, 6.07) is 15.9. The molecular weight excluding hydrogens is 430 g/mol. The summed E-state index contributed by atoms with van der Waals surface area (Å²) < 4.78 is 10.7. The highest BCUT2D eigenvalue weighted by molar-refractivity contribution is 6.05. The second-order valence-electron chi connectivity index (χ2n) is 8.92. The minimum absolute atomic E-state index is 0.0370. The number of piperidine rings is 1. The quantitative estimate of drug-likeness (QED) is 0.582. The molecule has 1 saturated heterocycles. The summed E-state index contributed by atoms with van der Waals surface area (Å²) in [4.78, 5) is 27.6. The maximum atomic E-state index is 13.5. The van der Waals surface area contributed by atoms with E-state index in [9.17, 15) is 9.59 Å². The Balaban J connectivity index is 1.51. The fraction of sp³-hybridized carbons (Fsp3) is 0.444. The first-order valence-corrected chi connectivity index (χ1v) is 12.0. The number of ether oxygens (including phenoxy) is 2. The van der Waals surface area contributed by atoms with Crippen LogP contribution in [0.4, 0.5) is 0 Å². The second-order valence-corrected chi connectivity index (χ2v) is 8.92. The van der Waals surface area contributed by atoms with Crippen LogP contribution >= 0.6 is 0 Å². The van der Waals surface area contributed by atoms with Crippen molar-refractivity contribution >= 4 is 17.6 Å². The number of carbonyl (C=O) groups is 2. The lowest BCUT2D eigenvalue weighted by atomic mass is 9.96. The Labute approximate surface area is 201 Å². The molecule has 0 unspecified atom stereocenters. The van der Waals surface area contributed by atoms with Gasteiger partial charge in [-0.1, -0.05) is 42.0 Å². The standard InChI is InChI=1S/C27H33N3O4/c1-4-34-27(32)21-13-15-29(16-14-21)18-26(31)30-24(20-11-9-19(2)10-12-20)17-23(28-30)22-7-5-6-8-25(22)33-3/h5-12,21,24H,4,13-18H2,1-3H3/t24-/m1/s1. The Kier molecular flexibility index (Phi) is 7.63. The van der Waals surface area contributed by atoms with Gasteiger partial charge in [-0.3, -0.25) is 14.5 Å². The summed E-state index contributed by atoms with van der Waals surface area (Å²) in [5.74, 6) is 0.511. The Morgan fingerprint density at radius 3 is 2.44 bits per heavy atom. The normalized spacial score (nSPS) is 19.1. The van der Waals surface area contributed by atoms with Crippen molar-refractivity contribution < 1.29 is 19.1 Å². The monoisotopic (exact) mass is 463 g/mol. The van der Waals surface area contributed by atoms with Gasteiger partial charge in [-0.2, -0.15) is 5.10 Å². The average Bonchev–Trinajstić information content (AvgIpc) is 3.30. The molecule has 0 spiro atoms. The highest BCUT2D eigenvalue weighted by Gasteiger charge is 2.35. The van der Waals surface area contributed by atoms with Crippen molar-refractivity contribution in [2.75, 3.05) is 33.4 Å². The lowest BCUT2D eigenvalue weighted by Gasteiger charge is -2.32. The molecule has 0 radical (unpaired) electrons. The van der Waals surface area contributed by atoms with Gasteiger partial charge in [0.1, 0.15) is 5.75 Å². The SMILES string of the molecule is CCOC(=O)C1CCN(CC(=O)N2N=C(c3ccccc3OC)C[C@@H]2c2ccc(C)cc2)CC1. The molecule has 0 bridgehead atoms. The predicted molar refractivity (Wildman–Crippen MR) is 131 cm³/mol. The van der Waals surface area contributed by atoms with Gasteiger partial charge in [0, 0.05) is 12.0 Å². The minimum Gasteiger partial charge on any atom is -0.496 e. The molecule has 34 heavy (non-hydrogen) atoms. The Morgan fingerprint density at radius 2 is 1.76 bits per heavy atom. The van der Waals surface area contributed by atoms with Crippen molar-refractivity contribution in [2.45, 2.75) is 39.2 Å². The number of carbonyl (C=O) groups excluding carboxylic acids is 2. The fourth-order valence-electron chi connectivity index (χ4n) is 4.68. The molecule has 180 valence electrons. The van der Waals surface area contributed by atoms with Crippen LogP contribution in [0.3, 0.4) is 0 Å². The molecule has 2 heterocycles. The third-order valence-electron chi connectivity index (χ3n) is 6.61. The molecule has 2 aromatic rings. The van der Waals surface area contributed by atoms with Crippen LogP contribution in [-0.4, -0.2) is 60.8 Å². The van der Waals surface area contributed by atoms with Crippen molar-refractivity contribution in [3.05, 3.63) is 65.2 Å². The molecule has 7 nitrogen and oxygen atoms in total. The molecule has 1 amide bonds. The molecule has 0 aliphatic carbocycles. The van der Waals surface area contributed by atoms with Crippen LogP contribution < -0.4 is 4.74 Å². The number of methoxy groups -OCH3 is 1. The predicted octanol–water partition coefficient (Wildman–Crippen LogP) is 3.96. The second kappa shape index (κ2) is 10.8. The number of hydrazone groups is 1. The van der Waals surface area contributed by atoms with Gasteiger partial charge < -0.3 is 9.47 Å². The molecule has 7 heteroatoms. The van der Waals surface area contributed by atoms with Gasteiger partial charge in [0.25, 0.3) is 5.91 Å². The van der Waals surface area contributed by atoms with Crippen LogP contribution in [0, 0.1) is 12.8 Å². The number of rotatable bonds is 7. The highest BCUT2D eigenvalue weighted by Crippen LogP contribution is 2.35. The van der Waals surface area contributed by atoms with Crippen LogP contribution in [-0.2, 0) is 14.3 Å². The zero-order chi connectivity index (χ0) is 24.1. The van der Waals surface area contributed by atoms with Crippen LogP contribution in [0.15, 0.2) is 53.6 Å². The maximum Gasteiger partial charge on any atom is 0.309 e. The molecule has 1 atom stereocenters. The van der Waals surface area contributed by atoms with Crippen molar-refractivity contribution in [2.24, 2.45) is 11.0 Å². The van der Waals surface area contributed by atoms with Crippen LogP contribution in [0.25, 0.3) is 0 Å². The number of benzene rings is 2. The summed E-state index contributed by atoms with van der Waals surface area (Å²) in [5.41, 5.74) is 3.99. The number of likely N-dealkylation sites (tertiary alicyclic amines) is 1. The van der Waals surface area contributed by atoms with Gasteiger partial charge in [0.15, 0.2) is 0 Å². The Bertz CT molecular complexity index is 1040. The zero-order valence-electron chi connectivity index (χ0n) is 20.2. The number of aryl methyl sites for hydroxylation is 1. The van der Waals surface area contributed by atoms with Crippen molar-refractivity contribution in [3.63, 3.8) is 0 Å². The van der Waals surface area contributed by atoms with E-state index in [0.29, 0.717) is 39.0 Å². The molecule has 2 aliphatic rings. The van der Waals surface area contributed by atoms with E-state index in [1.165, 1.54) is 5.56 Å². The highest BCUT2D eigenvalue weighted by atomic mass is 16.5. The number of hydrogen-bond donors (Lipinski definition) is 0. The smallest absolute Gasteiger partial charge is 0.309 e. The number of amides is 1. The number of para-hydroxylation sites is 1. The zero-order valence-corrected chi connectivity index (χ0v) is 20.2. The molecule has 0 saturated carbocycles. The first-order valence-electron chi connectivity index (χ1n) is 12.0. The molecular formula is C27H33N3O4. The van der Waals surface area contributed by atoms with Crippen molar-refractivity contribution in [1.29, 1.82) is 0 Å². The van der Waals surface area contributed by atoms with E-state index in [2.05, 4.69) is 36.1 Å². The number of nitrogens with zero attached hydrogens (tertiary/aromatic N) is 3. The summed E-state index contributed by atoms with van der Waals surface area (Å²) in [6.07, 6.45) is 2.05. The lowest BCUT2D eigenvalue weighted by Crippen LogP contribution is -2.43. The summed E-state index contributed by atoms with van der Waals surface area (Å²) in [5, 5.41) is 6.44. The van der Waals surface area contributed by atoms with E-state index in [4.69, 9.17) is 14.6 Å². The molecule has 1 fully saturated rings.